The molecule has 2 rings (SSSR count). The van der Waals surface area contributed by atoms with Crippen molar-refractivity contribution in [2.75, 3.05) is 11.5 Å². The third kappa shape index (κ3) is 7.60. The lowest BCUT2D eigenvalue weighted by atomic mass is 10.1. The summed E-state index contributed by atoms with van der Waals surface area (Å²) in [5.74, 6) is -0.748. The third-order valence-corrected chi connectivity index (χ3v) is 4.62. The summed E-state index contributed by atoms with van der Waals surface area (Å²) in [7, 11) is 1.43. The quantitative estimate of drug-likeness (QED) is 0.300. The molecule has 0 aliphatic rings. The number of amides is 3. The Morgan fingerprint density at radius 2 is 1.72 bits per heavy atom. The number of benzene rings is 2. The summed E-state index contributed by atoms with van der Waals surface area (Å²) < 4.78 is 5.39. The zero-order chi connectivity index (χ0) is 21.2. The van der Waals surface area contributed by atoms with Crippen LogP contribution in [0.1, 0.15) is 11.1 Å². The van der Waals surface area contributed by atoms with Gasteiger partial charge in [0, 0.05) is 13.5 Å². The van der Waals surface area contributed by atoms with Crippen LogP contribution in [0.4, 0.5) is 4.79 Å². The van der Waals surface area contributed by atoms with Crippen LogP contribution in [0.2, 0.25) is 0 Å². The van der Waals surface area contributed by atoms with Gasteiger partial charge in [-0.1, -0.05) is 65.1 Å². The smallest absolute Gasteiger partial charge is 0.408 e. The van der Waals surface area contributed by atoms with Crippen LogP contribution in [-0.4, -0.2) is 45.5 Å². The number of phenols is 1. The van der Waals surface area contributed by atoms with Crippen LogP contribution in [0.25, 0.3) is 0 Å². The molecule has 0 saturated heterocycles. The number of carbonyl (C=O) groups excluding carboxylic acids is 3. The van der Waals surface area contributed by atoms with E-state index in [4.69, 9.17) is 4.74 Å². The first-order valence-corrected chi connectivity index (χ1v) is 10.3. The second-order valence-electron chi connectivity index (χ2n) is 6.19. The molecule has 8 nitrogen and oxygen atoms in total. The van der Waals surface area contributed by atoms with E-state index in [-0.39, 0.29) is 29.1 Å². The van der Waals surface area contributed by atoms with Gasteiger partial charge in [0.2, 0.25) is 0 Å². The molecule has 29 heavy (non-hydrogen) atoms. The minimum Gasteiger partial charge on any atom is -0.508 e. The van der Waals surface area contributed by atoms with Gasteiger partial charge in [0.05, 0.1) is 4.43 Å². The van der Waals surface area contributed by atoms with Gasteiger partial charge in [-0.3, -0.25) is 20.0 Å². The van der Waals surface area contributed by atoms with Crippen molar-refractivity contribution in [1.29, 1.82) is 0 Å². The Labute approximate surface area is 182 Å². The highest BCUT2D eigenvalue weighted by Gasteiger charge is 2.24. The molecular weight excluding hydrogens is 489 g/mol. The second-order valence-corrected chi connectivity index (χ2v) is 6.95. The van der Waals surface area contributed by atoms with E-state index in [1.165, 1.54) is 19.2 Å². The molecular formula is C20H22IN3O5. The average Bonchev–Trinajstić information content (AvgIpc) is 2.73. The predicted molar refractivity (Wildman–Crippen MR) is 115 cm³/mol. The van der Waals surface area contributed by atoms with Crippen molar-refractivity contribution in [2.24, 2.45) is 0 Å². The molecule has 0 aliphatic carbocycles. The van der Waals surface area contributed by atoms with E-state index >= 15 is 0 Å². The van der Waals surface area contributed by atoms with Crippen LogP contribution in [0, 0.1) is 0 Å². The fraction of sp³-hybridized carbons (Fsp3) is 0.250. The summed E-state index contributed by atoms with van der Waals surface area (Å²) in [6, 6.07) is 14.4. The number of nitrogens with zero attached hydrogens (tertiary/aromatic N) is 1. The third-order valence-electron chi connectivity index (χ3n) is 3.96. The molecule has 2 aromatic rings. The van der Waals surface area contributed by atoms with Crippen molar-refractivity contribution in [3.63, 3.8) is 0 Å². The summed E-state index contributed by atoms with van der Waals surface area (Å²) in [5.41, 5.74) is 3.99. The Hall–Kier alpha value is -2.82. The number of carbonyl (C=O) groups is 3. The first-order chi connectivity index (χ1) is 13.9. The lowest BCUT2D eigenvalue weighted by Crippen LogP contribution is -2.54. The molecule has 154 valence electrons. The molecule has 0 fully saturated rings. The van der Waals surface area contributed by atoms with Gasteiger partial charge >= 0.3 is 6.09 Å². The SMILES string of the molecule is CN(NC(=O)[C@H](Cc1ccc(O)cc1)NC(=O)OCc1ccccc1)C(=O)CI. The number of hydrazine groups is 1. The Bertz CT molecular complexity index is 830. The first-order valence-electron chi connectivity index (χ1n) is 8.77. The molecule has 3 N–H and O–H groups in total. The number of halogens is 1. The summed E-state index contributed by atoms with van der Waals surface area (Å²) in [4.78, 5) is 36.6. The Morgan fingerprint density at radius 1 is 1.07 bits per heavy atom. The number of alkyl halides is 1. The van der Waals surface area contributed by atoms with Gasteiger partial charge in [-0.2, -0.15) is 0 Å². The van der Waals surface area contributed by atoms with Gasteiger partial charge in [0.1, 0.15) is 18.4 Å². The predicted octanol–water partition coefficient (Wildman–Crippen LogP) is 2.15. The average molecular weight is 511 g/mol. The standard InChI is InChI=1S/C20H22IN3O5/c1-24(18(26)12-21)23-19(27)17(11-14-7-9-16(25)10-8-14)22-20(28)29-13-15-5-3-2-4-6-15/h2-10,17,25H,11-13H2,1H3,(H,22,28)(H,23,27)/t17-/m0/s1. The van der Waals surface area contributed by atoms with Crippen LogP contribution in [0.5, 0.6) is 5.75 Å². The normalized spacial score (nSPS) is 11.2. The lowest BCUT2D eigenvalue weighted by Gasteiger charge is -2.23. The van der Waals surface area contributed by atoms with Crippen molar-refractivity contribution < 1.29 is 24.2 Å². The number of nitrogens with one attached hydrogen (secondary N) is 2. The summed E-state index contributed by atoms with van der Waals surface area (Å²) in [6.45, 7) is 0.0629. The van der Waals surface area contributed by atoms with Crippen molar-refractivity contribution in [1.82, 2.24) is 15.8 Å². The molecule has 0 aliphatic heterocycles. The highest BCUT2D eigenvalue weighted by Crippen LogP contribution is 2.12. The number of alkyl carbamates (subject to hydrolysis) is 1. The fourth-order valence-electron chi connectivity index (χ4n) is 2.38. The lowest BCUT2D eigenvalue weighted by molar-refractivity contribution is -0.138. The van der Waals surface area contributed by atoms with Gasteiger partial charge in [-0.05, 0) is 23.3 Å². The van der Waals surface area contributed by atoms with Gasteiger partial charge in [-0.15, -0.1) is 0 Å². The van der Waals surface area contributed by atoms with E-state index < -0.39 is 18.0 Å². The maximum absolute atomic E-state index is 12.6. The van der Waals surface area contributed by atoms with Crippen LogP contribution in [0.3, 0.4) is 0 Å². The van der Waals surface area contributed by atoms with E-state index in [0.717, 1.165) is 10.6 Å². The van der Waals surface area contributed by atoms with Gasteiger partial charge < -0.3 is 15.2 Å². The summed E-state index contributed by atoms with van der Waals surface area (Å²) >= 11 is 1.89. The molecule has 0 heterocycles. The number of aromatic hydroxyl groups is 1. The highest BCUT2D eigenvalue weighted by atomic mass is 127. The molecule has 1 atom stereocenters. The minimum absolute atomic E-state index is 0.0629. The van der Waals surface area contributed by atoms with Crippen molar-refractivity contribution >= 4 is 40.5 Å². The molecule has 3 amide bonds. The van der Waals surface area contributed by atoms with Crippen LogP contribution >= 0.6 is 22.6 Å². The van der Waals surface area contributed by atoms with Crippen LogP contribution < -0.4 is 10.7 Å². The molecule has 0 saturated carbocycles. The fourth-order valence-corrected chi connectivity index (χ4v) is 2.89. The summed E-state index contributed by atoms with van der Waals surface area (Å²) in [5, 5.41) is 13.0. The second kappa shape index (κ2) is 11.2. The van der Waals surface area contributed by atoms with E-state index in [1.807, 2.05) is 52.9 Å². The monoisotopic (exact) mass is 511 g/mol. The topological polar surface area (TPSA) is 108 Å². The number of ether oxygens (including phenoxy) is 1. The van der Waals surface area contributed by atoms with E-state index in [2.05, 4.69) is 10.7 Å². The number of rotatable bonds is 7. The van der Waals surface area contributed by atoms with E-state index in [1.54, 1.807) is 12.1 Å². The van der Waals surface area contributed by atoms with Gasteiger partial charge in [0.25, 0.3) is 11.8 Å². The Kier molecular flexibility index (Phi) is 8.71. The van der Waals surface area contributed by atoms with Gasteiger partial charge in [-0.25, -0.2) is 4.79 Å². The minimum atomic E-state index is -0.979. The molecule has 0 aromatic heterocycles. The maximum atomic E-state index is 12.6. The molecule has 0 bridgehead atoms. The number of hydrogen-bond donors (Lipinski definition) is 3. The number of hydrogen-bond acceptors (Lipinski definition) is 5. The molecule has 9 heteroatoms. The van der Waals surface area contributed by atoms with Crippen molar-refractivity contribution in [3.8, 4) is 5.75 Å². The molecule has 0 radical (unpaired) electrons. The molecule has 2 aromatic carbocycles. The zero-order valence-electron chi connectivity index (χ0n) is 15.8. The van der Waals surface area contributed by atoms with Crippen molar-refractivity contribution in [2.45, 2.75) is 19.1 Å². The van der Waals surface area contributed by atoms with Crippen LogP contribution in [-0.2, 0) is 27.4 Å². The Morgan fingerprint density at radius 3 is 2.34 bits per heavy atom. The molecule has 0 unspecified atom stereocenters. The first kappa shape index (κ1) is 22.5. The molecule has 0 spiro atoms. The summed E-state index contributed by atoms with van der Waals surface area (Å²) in [6.07, 6.45) is -0.602. The zero-order valence-corrected chi connectivity index (χ0v) is 18.0. The van der Waals surface area contributed by atoms with Gasteiger partial charge in [0.15, 0.2) is 0 Å². The maximum Gasteiger partial charge on any atom is 0.408 e. The Balaban J connectivity index is 2.04. The van der Waals surface area contributed by atoms with E-state index in [0.29, 0.717) is 5.56 Å². The van der Waals surface area contributed by atoms with E-state index in [9.17, 15) is 19.5 Å². The van der Waals surface area contributed by atoms with Crippen LogP contribution in [0.15, 0.2) is 54.6 Å². The number of phenolic OH excluding ortho intramolecular Hbond substituents is 1. The highest BCUT2D eigenvalue weighted by molar-refractivity contribution is 14.1. The largest absolute Gasteiger partial charge is 0.508 e. The van der Waals surface area contributed by atoms with Crippen molar-refractivity contribution in [3.05, 3.63) is 65.7 Å².